The largest absolute Gasteiger partial charge is 0.388 e. The van der Waals surface area contributed by atoms with Crippen molar-refractivity contribution in [3.8, 4) is 0 Å². The Morgan fingerprint density at radius 1 is 1.33 bits per heavy atom. The molecule has 0 aromatic heterocycles. The van der Waals surface area contributed by atoms with Crippen LogP contribution in [0.1, 0.15) is 53.4 Å². The quantitative estimate of drug-likeness (QED) is 0.675. The van der Waals surface area contributed by atoms with Crippen molar-refractivity contribution in [3.05, 3.63) is 0 Å². The summed E-state index contributed by atoms with van der Waals surface area (Å²) in [7, 11) is 0. The number of hydrogen-bond donors (Lipinski definition) is 3. The number of rotatable bonds is 7. The van der Waals surface area contributed by atoms with Gasteiger partial charge in [-0.25, -0.2) is 4.79 Å². The molecule has 0 spiro atoms. The molecule has 2 atom stereocenters. The van der Waals surface area contributed by atoms with Crippen LogP contribution in [0.25, 0.3) is 0 Å². The molecule has 1 saturated heterocycles. The Morgan fingerprint density at radius 2 is 1.95 bits per heavy atom. The predicted molar refractivity (Wildman–Crippen MR) is 84.2 cm³/mol. The third kappa shape index (κ3) is 7.67. The molecule has 0 radical (unpaired) electrons. The van der Waals surface area contributed by atoms with Gasteiger partial charge in [-0.3, -0.25) is 0 Å². The molecule has 0 aromatic carbocycles. The van der Waals surface area contributed by atoms with Crippen molar-refractivity contribution in [1.82, 2.24) is 10.6 Å². The summed E-state index contributed by atoms with van der Waals surface area (Å²) in [6, 6.07) is -0.0617. The molecule has 124 valence electrons. The second-order valence-corrected chi connectivity index (χ2v) is 6.99. The molecule has 0 saturated carbocycles. The zero-order chi connectivity index (χ0) is 15.9. The minimum atomic E-state index is -0.844. The van der Waals surface area contributed by atoms with Crippen LogP contribution in [0, 0.1) is 11.8 Å². The van der Waals surface area contributed by atoms with Crippen LogP contribution in [0.3, 0.4) is 0 Å². The molecule has 1 heterocycles. The van der Waals surface area contributed by atoms with Gasteiger partial charge in [0.15, 0.2) is 0 Å². The number of ether oxygens (including phenoxy) is 1. The number of carbonyl (C=O) groups excluding carboxylic acids is 1. The van der Waals surface area contributed by atoms with Gasteiger partial charge in [0.25, 0.3) is 0 Å². The van der Waals surface area contributed by atoms with Crippen LogP contribution < -0.4 is 10.6 Å². The molecule has 5 nitrogen and oxygen atoms in total. The molecule has 0 bridgehead atoms. The van der Waals surface area contributed by atoms with Gasteiger partial charge in [0.2, 0.25) is 0 Å². The molecule has 1 rings (SSSR count). The molecule has 1 fully saturated rings. The fourth-order valence-corrected chi connectivity index (χ4v) is 2.55. The highest BCUT2D eigenvalue weighted by Gasteiger charge is 2.24. The van der Waals surface area contributed by atoms with Gasteiger partial charge >= 0.3 is 6.03 Å². The SMILES string of the molecule is CC(C)CCC(C)(O)CNC(=O)NC(C)C1CCOCC1. The lowest BCUT2D eigenvalue weighted by molar-refractivity contribution is 0.0464. The standard InChI is InChI=1S/C16H32N2O3/c1-12(2)5-8-16(4,20)11-17-15(19)18-13(3)14-6-9-21-10-7-14/h12-14,20H,5-11H2,1-4H3,(H2,17,18,19). The van der Waals surface area contributed by atoms with Crippen LogP contribution >= 0.6 is 0 Å². The van der Waals surface area contributed by atoms with E-state index in [0.29, 0.717) is 18.3 Å². The van der Waals surface area contributed by atoms with Crippen LogP contribution in [-0.2, 0) is 4.74 Å². The summed E-state index contributed by atoms with van der Waals surface area (Å²) >= 11 is 0. The zero-order valence-corrected chi connectivity index (χ0v) is 13.9. The average molecular weight is 300 g/mol. The first-order chi connectivity index (χ1) is 9.80. The van der Waals surface area contributed by atoms with Gasteiger partial charge in [-0.15, -0.1) is 0 Å². The molecule has 2 unspecified atom stereocenters. The lowest BCUT2D eigenvalue weighted by atomic mass is 9.93. The molecule has 1 aliphatic rings. The third-order valence-electron chi connectivity index (χ3n) is 4.22. The second kappa shape index (κ2) is 8.59. The van der Waals surface area contributed by atoms with E-state index in [0.717, 1.165) is 32.5 Å². The van der Waals surface area contributed by atoms with Crippen molar-refractivity contribution >= 4 is 6.03 Å². The summed E-state index contributed by atoms with van der Waals surface area (Å²) in [6.07, 6.45) is 3.64. The number of urea groups is 1. The van der Waals surface area contributed by atoms with Crippen molar-refractivity contribution in [2.75, 3.05) is 19.8 Å². The van der Waals surface area contributed by atoms with E-state index in [4.69, 9.17) is 4.74 Å². The van der Waals surface area contributed by atoms with Gasteiger partial charge < -0.3 is 20.5 Å². The summed E-state index contributed by atoms with van der Waals surface area (Å²) in [5, 5.41) is 16.0. The molecule has 5 heteroatoms. The molecule has 1 aliphatic heterocycles. The lowest BCUT2D eigenvalue weighted by Crippen LogP contribution is -2.49. The molecule has 0 aliphatic carbocycles. The third-order valence-corrected chi connectivity index (χ3v) is 4.22. The number of amides is 2. The van der Waals surface area contributed by atoms with Crippen LogP contribution in [0.4, 0.5) is 4.79 Å². The first-order valence-corrected chi connectivity index (χ1v) is 8.14. The summed E-state index contributed by atoms with van der Waals surface area (Å²) in [5.74, 6) is 1.03. The minimum Gasteiger partial charge on any atom is -0.388 e. The fraction of sp³-hybridized carbons (Fsp3) is 0.938. The molecule has 0 aromatic rings. The van der Waals surface area contributed by atoms with Gasteiger partial charge in [0, 0.05) is 25.8 Å². The molecular formula is C16H32N2O3. The van der Waals surface area contributed by atoms with E-state index in [-0.39, 0.29) is 18.6 Å². The van der Waals surface area contributed by atoms with E-state index in [2.05, 4.69) is 24.5 Å². The topological polar surface area (TPSA) is 70.6 Å². The van der Waals surface area contributed by atoms with E-state index in [1.165, 1.54) is 0 Å². The van der Waals surface area contributed by atoms with Crippen LogP contribution in [0.15, 0.2) is 0 Å². The smallest absolute Gasteiger partial charge is 0.315 e. The van der Waals surface area contributed by atoms with E-state index < -0.39 is 5.60 Å². The minimum absolute atomic E-state index is 0.134. The van der Waals surface area contributed by atoms with Crippen molar-refractivity contribution < 1.29 is 14.6 Å². The fourth-order valence-electron chi connectivity index (χ4n) is 2.55. The Bertz CT molecular complexity index is 313. The van der Waals surface area contributed by atoms with Gasteiger partial charge in [-0.05, 0) is 51.4 Å². The van der Waals surface area contributed by atoms with E-state index in [1.807, 2.05) is 6.92 Å². The van der Waals surface area contributed by atoms with E-state index in [9.17, 15) is 9.90 Å². The zero-order valence-electron chi connectivity index (χ0n) is 13.9. The normalized spacial score (nSPS) is 20.9. The maximum Gasteiger partial charge on any atom is 0.315 e. The van der Waals surface area contributed by atoms with Gasteiger partial charge in [0.05, 0.1) is 5.60 Å². The number of carbonyl (C=O) groups is 1. The van der Waals surface area contributed by atoms with Crippen molar-refractivity contribution in [2.45, 2.75) is 65.0 Å². The van der Waals surface area contributed by atoms with Crippen LogP contribution in [-0.4, -0.2) is 42.5 Å². The maximum absolute atomic E-state index is 11.9. The van der Waals surface area contributed by atoms with Crippen LogP contribution in [0.5, 0.6) is 0 Å². The number of aliphatic hydroxyl groups is 1. The summed E-state index contributed by atoms with van der Waals surface area (Å²) in [4.78, 5) is 11.9. The molecular weight excluding hydrogens is 268 g/mol. The number of hydrogen-bond acceptors (Lipinski definition) is 3. The Hall–Kier alpha value is -0.810. The monoisotopic (exact) mass is 300 g/mol. The van der Waals surface area contributed by atoms with Crippen molar-refractivity contribution in [2.24, 2.45) is 11.8 Å². The first kappa shape index (κ1) is 18.2. The van der Waals surface area contributed by atoms with Gasteiger partial charge in [-0.1, -0.05) is 13.8 Å². The highest BCUT2D eigenvalue weighted by Crippen LogP contribution is 2.18. The summed E-state index contributed by atoms with van der Waals surface area (Å²) in [5.41, 5.74) is -0.844. The summed E-state index contributed by atoms with van der Waals surface area (Å²) < 4.78 is 5.33. The lowest BCUT2D eigenvalue weighted by Gasteiger charge is -2.29. The summed E-state index contributed by atoms with van der Waals surface area (Å²) in [6.45, 7) is 9.91. The molecule has 21 heavy (non-hydrogen) atoms. The average Bonchev–Trinajstić information content (AvgIpc) is 2.44. The van der Waals surface area contributed by atoms with E-state index >= 15 is 0 Å². The molecule has 3 N–H and O–H groups in total. The predicted octanol–water partition coefficient (Wildman–Crippen LogP) is 2.29. The first-order valence-electron chi connectivity index (χ1n) is 8.14. The Labute approximate surface area is 128 Å². The highest BCUT2D eigenvalue weighted by atomic mass is 16.5. The Morgan fingerprint density at radius 3 is 2.52 bits per heavy atom. The van der Waals surface area contributed by atoms with E-state index in [1.54, 1.807) is 6.92 Å². The van der Waals surface area contributed by atoms with Crippen molar-refractivity contribution in [1.29, 1.82) is 0 Å². The van der Waals surface area contributed by atoms with Crippen molar-refractivity contribution in [3.63, 3.8) is 0 Å². The second-order valence-electron chi connectivity index (χ2n) is 6.99. The van der Waals surface area contributed by atoms with Gasteiger partial charge in [-0.2, -0.15) is 0 Å². The van der Waals surface area contributed by atoms with Crippen LogP contribution in [0.2, 0.25) is 0 Å². The Kier molecular flexibility index (Phi) is 7.46. The van der Waals surface area contributed by atoms with Gasteiger partial charge in [0.1, 0.15) is 0 Å². The maximum atomic E-state index is 11.9. The Balaban J connectivity index is 2.26. The molecule has 2 amide bonds. The highest BCUT2D eigenvalue weighted by molar-refractivity contribution is 5.74. The number of nitrogens with one attached hydrogen (secondary N) is 2.